The zero-order valence-corrected chi connectivity index (χ0v) is 52.5. The molecule has 0 aromatic rings. The van der Waals surface area contributed by atoms with Gasteiger partial charge in [0.05, 0.1) is 25.4 Å². The summed E-state index contributed by atoms with van der Waals surface area (Å²) in [5.41, 5.74) is 0. The summed E-state index contributed by atoms with van der Waals surface area (Å²) in [5.74, 6) is -0.0108. The van der Waals surface area contributed by atoms with Crippen molar-refractivity contribution in [2.45, 2.75) is 418 Å². The van der Waals surface area contributed by atoms with Crippen LogP contribution in [0.4, 0.5) is 0 Å². The van der Waals surface area contributed by atoms with E-state index >= 15 is 0 Å². The fraction of sp³-hybridized carbons (Fsp3) is 0.944. The molecule has 0 aliphatic rings. The molecule has 2 unspecified atom stereocenters. The number of amides is 1. The van der Waals surface area contributed by atoms with Crippen LogP contribution in [0.3, 0.4) is 0 Å². The fourth-order valence-electron chi connectivity index (χ4n) is 11.4. The molecular formula is C71H139NO5. The first-order valence-electron chi connectivity index (χ1n) is 35.4. The highest BCUT2D eigenvalue weighted by Crippen LogP contribution is 2.19. The van der Waals surface area contributed by atoms with Gasteiger partial charge in [0.2, 0.25) is 5.91 Å². The number of rotatable bonds is 67. The maximum atomic E-state index is 12.4. The monoisotopic (exact) mass is 1090 g/mol. The molecule has 0 radical (unpaired) electrons. The average Bonchev–Trinajstić information content (AvgIpc) is 3.43. The van der Waals surface area contributed by atoms with Crippen LogP contribution in [0.25, 0.3) is 0 Å². The summed E-state index contributed by atoms with van der Waals surface area (Å²) in [4.78, 5) is 24.6. The minimum Gasteiger partial charge on any atom is -0.466 e. The van der Waals surface area contributed by atoms with Crippen molar-refractivity contribution < 1.29 is 24.5 Å². The SMILES string of the molecule is CCCCCCCCC/C=C\CCCCCCCCCC(=O)OCCCCCCCCCCCCCCCCCCCCCCCCCCCCCCCCCCC(=O)NC(CO)C(O)CCCCCCCCCCCC. The molecule has 6 nitrogen and oxygen atoms in total. The van der Waals surface area contributed by atoms with Crippen LogP contribution in [-0.2, 0) is 14.3 Å². The number of nitrogens with one attached hydrogen (secondary N) is 1. The summed E-state index contributed by atoms with van der Waals surface area (Å²) in [6, 6.07) is -0.535. The van der Waals surface area contributed by atoms with Crippen LogP contribution in [-0.4, -0.2) is 47.4 Å². The van der Waals surface area contributed by atoms with E-state index in [0.717, 1.165) is 38.5 Å². The molecule has 0 saturated carbocycles. The second kappa shape index (κ2) is 67.1. The van der Waals surface area contributed by atoms with E-state index in [4.69, 9.17) is 4.74 Å². The van der Waals surface area contributed by atoms with Gasteiger partial charge in [0.15, 0.2) is 0 Å². The van der Waals surface area contributed by atoms with Gasteiger partial charge in [-0.1, -0.05) is 353 Å². The molecule has 0 rings (SSSR count). The minimum absolute atomic E-state index is 0.0191. The van der Waals surface area contributed by atoms with Crippen LogP contribution in [0.5, 0.6) is 0 Å². The van der Waals surface area contributed by atoms with Gasteiger partial charge in [-0.05, 0) is 51.4 Å². The summed E-state index contributed by atoms with van der Waals surface area (Å²) in [6.07, 6.45) is 82.8. The second-order valence-electron chi connectivity index (χ2n) is 24.6. The van der Waals surface area contributed by atoms with Gasteiger partial charge < -0.3 is 20.3 Å². The third-order valence-electron chi connectivity index (χ3n) is 16.8. The van der Waals surface area contributed by atoms with E-state index in [1.54, 1.807) is 0 Å². The number of carbonyl (C=O) groups is 2. The van der Waals surface area contributed by atoms with Crippen LogP contribution in [0.1, 0.15) is 406 Å². The van der Waals surface area contributed by atoms with Gasteiger partial charge in [-0.15, -0.1) is 0 Å². The Morgan fingerprint density at radius 3 is 0.922 bits per heavy atom. The first kappa shape index (κ1) is 75.6. The highest BCUT2D eigenvalue weighted by atomic mass is 16.5. The number of aliphatic hydroxyl groups excluding tert-OH is 2. The van der Waals surface area contributed by atoms with Crippen molar-refractivity contribution in [2.24, 2.45) is 0 Å². The molecule has 0 aromatic heterocycles. The van der Waals surface area contributed by atoms with Crippen molar-refractivity contribution in [3.63, 3.8) is 0 Å². The van der Waals surface area contributed by atoms with Gasteiger partial charge >= 0.3 is 5.97 Å². The van der Waals surface area contributed by atoms with E-state index < -0.39 is 12.1 Å². The Hall–Kier alpha value is -1.40. The Kier molecular flexibility index (Phi) is 65.9. The predicted molar refractivity (Wildman–Crippen MR) is 338 cm³/mol. The van der Waals surface area contributed by atoms with Gasteiger partial charge in [-0.2, -0.15) is 0 Å². The standard InChI is InChI=1S/C71H139NO5/c1-3-5-7-9-11-13-15-16-17-18-36-39-42-45-49-53-57-61-65-71(76)77-66-62-58-54-50-46-43-40-37-34-32-30-28-26-24-22-20-19-21-23-25-27-29-31-33-35-38-41-44-48-52-56-60-64-70(75)72-68(67-73)69(74)63-59-55-51-47-14-12-10-8-6-4-2/h17-18,68-69,73-74H,3-16,19-67H2,1-2H3,(H,72,75)/b18-17-. The van der Waals surface area contributed by atoms with E-state index in [0.29, 0.717) is 25.9 Å². The highest BCUT2D eigenvalue weighted by molar-refractivity contribution is 5.76. The summed E-state index contributed by atoms with van der Waals surface area (Å²) in [7, 11) is 0. The third kappa shape index (κ3) is 63.6. The number of unbranched alkanes of at least 4 members (excludes halogenated alkanes) is 54. The van der Waals surface area contributed by atoms with Gasteiger partial charge in [0.25, 0.3) is 0 Å². The number of allylic oxidation sites excluding steroid dienone is 2. The molecular weight excluding hydrogens is 947 g/mol. The number of carbonyl (C=O) groups excluding carboxylic acids is 2. The van der Waals surface area contributed by atoms with Gasteiger partial charge in [0, 0.05) is 12.8 Å². The third-order valence-corrected chi connectivity index (χ3v) is 16.8. The molecule has 0 spiro atoms. The lowest BCUT2D eigenvalue weighted by molar-refractivity contribution is -0.143. The van der Waals surface area contributed by atoms with E-state index in [1.165, 1.54) is 334 Å². The number of ether oxygens (including phenoxy) is 1. The highest BCUT2D eigenvalue weighted by Gasteiger charge is 2.20. The van der Waals surface area contributed by atoms with Gasteiger partial charge in [-0.3, -0.25) is 9.59 Å². The van der Waals surface area contributed by atoms with Crippen molar-refractivity contribution in [1.29, 1.82) is 0 Å². The molecule has 0 aromatic carbocycles. The maximum Gasteiger partial charge on any atom is 0.305 e. The number of esters is 1. The van der Waals surface area contributed by atoms with Crippen LogP contribution in [0.15, 0.2) is 12.2 Å². The number of hydrogen-bond acceptors (Lipinski definition) is 5. The van der Waals surface area contributed by atoms with Crippen LogP contribution >= 0.6 is 0 Å². The van der Waals surface area contributed by atoms with Crippen molar-refractivity contribution >= 4 is 11.9 Å². The quantitative estimate of drug-likeness (QED) is 0.0320. The first-order chi connectivity index (χ1) is 38.0. The van der Waals surface area contributed by atoms with E-state index in [9.17, 15) is 19.8 Å². The second-order valence-corrected chi connectivity index (χ2v) is 24.6. The Labute approximate surface area is 482 Å². The molecule has 0 bridgehead atoms. The Morgan fingerprint density at radius 2 is 0.610 bits per heavy atom. The van der Waals surface area contributed by atoms with Crippen LogP contribution < -0.4 is 5.32 Å². The molecule has 0 saturated heterocycles. The maximum absolute atomic E-state index is 12.4. The van der Waals surface area contributed by atoms with Gasteiger partial charge in [0.1, 0.15) is 0 Å². The Bertz CT molecular complexity index is 1160. The summed E-state index contributed by atoms with van der Waals surface area (Å²) >= 11 is 0. The molecule has 6 heteroatoms. The predicted octanol–water partition coefficient (Wildman–Crippen LogP) is 22.8. The zero-order chi connectivity index (χ0) is 55.7. The van der Waals surface area contributed by atoms with Crippen LogP contribution in [0, 0.1) is 0 Å². The molecule has 0 aliphatic carbocycles. The van der Waals surface area contributed by atoms with Crippen LogP contribution in [0.2, 0.25) is 0 Å². The molecule has 458 valence electrons. The topological polar surface area (TPSA) is 95.9 Å². The van der Waals surface area contributed by atoms with E-state index in [-0.39, 0.29) is 18.5 Å². The average molecular weight is 1090 g/mol. The van der Waals surface area contributed by atoms with E-state index in [2.05, 4.69) is 31.3 Å². The number of aliphatic hydroxyl groups is 2. The van der Waals surface area contributed by atoms with Crippen molar-refractivity contribution in [3.05, 3.63) is 12.2 Å². The molecule has 3 N–H and O–H groups in total. The molecule has 0 heterocycles. The van der Waals surface area contributed by atoms with Crippen molar-refractivity contribution in [2.75, 3.05) is 13.2 Å². The fourth-order valence-corrected chi connectivity index (χ4v) is 11.4. The minimum atomic E-state index is -0.658. The van der Waals surface area contributed by atoms with Crippen molar-refractivity contribution in [1.82, 2.24) is 5.32 Å². The Balaban J connectivity index is 3.28. The molecule has 0 fully saturated rings. The molecule has 77 heavy (non-hydrogen) atoms. The summed E-state index contributed by atoms with van der Waals surface area (Å²) in [5, 5.41) is 23.2. The lowest BCUT2D eigenvalue weighted by atomic mass is 10.0. The first-order valence-corrected chi connectivity index (χ1v) is 35.4. The van der Waals surface area contributed by atoms with Gasteiger partial charge in [-0.25, -0.2) is 0 Å². The molecule has 0 aliphatic heterocycles. The lowest BCUT2D eigenvalue weighted by Gasteiger charge is -2.22. The normalized spacial score (nSPS) is 12.5. The molecule has 1 amide bonds. The Morgan fingerprint density at radius 1 is 0.351 bits per heavy atom. The smallest absolute Gasteiger partial charge is 0.305 e. The largest absolute Gasteiger partial charge is 0.466 e. The number of hydrogen-bond donors (Lipinski definition) is 3. The van der Waals surface area contributed by atoms with E-state index in [1.807, 2.05) is 0 Å². The summed E-state index contributed by atoms with van der Waals surface area (Å²) < 4.78 is 5.51. The van der Waals surface area contributed by atoms with Crippen molar-refractivity contribution in [3.8, 4) is 0 Å². The summed E-state index contributed by atoms with van der Waals surface area (Å²) in [6.45, 7) is 4.97. The molecule has 2 atom stereocenters. The zero-order valence-electron chi connectivity index (χ0n) is 52.5. The lowest BCUT2D eigenvalue weighted by Crippen LogP contribution is -2.45.